The molecule has 1 aromatic carbocycles. The fraction of sp³-hybridized carbons (Fsp3) is 0.500. The molecule has 0 aromatic heterocycles. The Balaban J connectivity index is 2.06. The van der Waals surface area contributed by atoms with Crippen LogP contribution in [-0.2, 0) is 19.3 Å². The lowest BCUT2D eigenvalue weighted by Gasteiger charge is -2.18. The Labute approximate surface area is 118 Å². The molecule has 0 amide bonds. The van der Waals surface area contributed by atoms with Gasteiger partial charge in [-0.3, -0.25) is 0 Å². The van der Waals surface area contributed by atoms with E-state index < -0.39 is 15.8 Å². The minimum Gasteiger partial charge on any atom is -0.456 e. The van der Waals surface area contributed by atoms with Gasteiger partial charge in [0.2, 0.25) is 0 Å². The minimum absolute atomic E-state index is 0.0470. The molecule has 0 spiro atoms. The minimum atomic E-state index is -3.25. The summed E-state index contributed by atoms with van der Waals surface area (Å²) in [5, 5.41) is 0. The zero-order chi connectivity index (χ0) is 14.8. The monoisotopic (exact) mass is 298 g/mol. The Morgan fingerprint density at radius 1 is 1.15 bits per heavy atom. The predicted octanol–water partition coefficient (Wildman–Crippen LogP) is 1.81. The molecule has 5 nitrogen and oxygen atoms in total. The van der Waals surface area contributed by atoms with E-state index in [2.05, 4.69) is 0 Å². The van der Waals surface area contributed by atoms with Crippen molar-refractivity contribution >= 4 is 15.8 Å². The van der Waals surface area contributed by atoms with Crippen molar-refractivity contribution in [2.24, 2.45) is 0 Å². The fourth-order valence-corrected chi connectivity index (χ4v) is 2.97. The molecule has 0 heterocycles. The van der Waals surface area contributed by atoms with Gasteiger partial charge in [0.1, 0.15) is 6.10 Å². The first kappa shape index (κ1) is 15.0. The summed E-state index contributed by atoms with van der Waals surface area (Å²) >= 11 is 0. The number of sulfone groups is 1. The van der Waals surface area contributed by atoms with Gasteiger partial charge in [-0.15, -0.1) is 0 Å². The third-order valence-corrected chi connectivity index (χ3v) is 4.60. The second kappa shape index (κ2) is 5.93. The molecule has 0 bridgehead atoms. The quantitative estimate of drug-likeness (QED) is 0.793. The highest BCUT2D eigenvalue weighted by Gasteiger charge is 2.30. The SMILES string of the molecule is CO[C@@H]1CCC[C@H]1OC(=O)c1ccc(S(C)(=O)=O)cc1. The number of benzene rings is 1. The Bertz CT molecular complexity index is 576. The van der Waals surface area contributed by atoms with Crippen LogP contribution in [0.1, 0.15) is 29.6 Å². The number of carbonyl (C=O) groups excluding carboxylic acids is 1. The Kier molecular flexibility index (Phi) is 4.45. The molecule has 0 radical (unpaired) electrons. The van der Waals surface area contributed by atoms with Gasteiger partial charge in [-0.2, -0.15) is 0 Å². The fourth-order valence-electron chi connectivity index (χ4n) is 2.34. The summed E-state index contributed by atoms with van der Waals surface area (Å²) < 4.78 is 33.4. The van der Waals surface area contributed by atoms with Crippen LogP contribution >= 0.6 is 0 Å². The predicted molar refractivity (Wildman–Crippen MR) is 73.4 cm³/mol. The molecule has 1 fully saturated rings. The van der Waals surface area contributed by atoms with Gasteiger partial charge in [-0.25, -0.2) is 13.2 Å². The smallest absolute Gasteiger partial charge is 0.338 e. The van der Waals surface area contributed by atoms with Gasteiger partial charge >= 0.3 is 5.97 Å². The molecule has 6 heteroatoms. The second-order valence-corrected chi connectivity index (χ2v) is 6.96. The van der Waals surface area contributed by atoms with E-state index in [0.29, 0.717) is 5.56 Å². The summed E-state index contributed by atoms with van der Waals surface area (Å²) in [5.74, 6) is -0.445. The second-order valence-electron chi connectivity index (χ2n) is 4.95. The average Bonchev–Trinajstić information content (AvgIpc) is 2.85. The van der Waals surface area contributed by atoms with E-state index in [4.69, 9.17) is 9.47 Å². The molecule has 2 rings (SSSR count). The van der Waals surface area contributed by atoms with Gasteiger partial charge in [0.05, 0.1) is 16.6 Å². The maximum atomic E-state index is 12.0. The molecule has 1 aliphatic rings. The Morgan fingerprint density at radius 3 is 2.30 bits per heavy atom. The van der Waals surface area contributed by atoms with Crippen LogP contribution < -0.4 is 0 Å². The molecule has 20 heavy (non-hydrogen) atoms. The number of esters is 1. The highest BCUT2D eigenvalue weighted by molar-refractivity contribution is 7.90. The number of ether oxygens (including phenoxy) is 2. The van der Waals surface area contributed by atoms with E-state index in [1.165, 1.54) is 24.3 Å². The number of hydrogen-bond donors (Lipinski definition) is 0. The lowest BCUT2D eigenvalue weighted by molar-refractivity contribution is -0.0206. The van der Waals surface area contributed by atoms with Crippen molar-refractivity contribution in [3.63, 3.8) is 0 Å². The summed E-state index contributed by atoms with van der Waals surface area (Å²) in [5.41, 5.74) is 0.346. The van der Waals surface area contributed by atoms with Gasteiger partial charge in [0.25, 0.3) is 0 Å². The van der Waals surface area contributed by atoms with Gasteiger partial charge in [-0.05, 0) is 43.5 Å². The lowest BCUT2D eigenvalue weighted by Crippen LogP contribution is -2.27. The van der Waals surface area contributed by atoms with Crippen LogP contribution in [-0.4, -0.2) is 40.0 Å². The van der Waals surface area contributed by atoms with Crippen LogP contribution in [0.15, 0.2) is 29.2 Å². The van der Waals surface area contributed by atoms with E-state index >= 15 is 0 Å². The summed E-state index contributed by atoms with van der Waals surface area (Å²) in [6, 6.07) is 5.76. The molecule has 110 valence electrons. The number of carbonyl (C=O) groups is 1. The van der Waals surface area contributed by atoms with Crippen LogP contribution in [0.25, 0.3) is 0 Å². The zero-order valence-electron chi connectivity index (χ0n) is 11.5. The molecule has 0 unspecified atom stereocenters. The summed E-state index contributed by atoms with van der Waals surface area (Å²) in [6.45, 7) is 0. The first-order valence-corrected chi connectivity index (χ1v) is 8.35. The molecule has 0 aliphatic heterocycles. The zero-order valence-corrected chi connectivity index (χ0v) is 12.4. The first-order chi connectivity index (χ1) is 9.41. The molecule has 0 saturated heterocycles. The van der Waals surface area contributed by atoms with E-state index in [0.717, 1.165) is 25.5 Å². The van der Waals surface area contributed by atoms with Crippen molar-refractivity contribution in [1.82, 2.24) is 0 Å². The average molecular weight is 298 g/mol. The summed E-state index contributed by atoms with van der Waals surface area (Å²) in [7, 11) is -1.64. The molecule has 1 saturated carbocycles. The molecular formula is C14H18O5S. The Morgan fingerprint density at radius 2 is 1.75 bits per heavy atom. The van der Waals surface area contributed by atoms with Crippen molar-refractivity contribution in [3.05, 3.63) is 29.8 Å². The van der Waals surface area contributed by atoms with Gasteiger partial charge < -0.3 is 9.47 Å². The normalized spacial score (nSPS) is 22.7. The summed E-state index contributed by atoms with van der Waals surface area (Å²) in [6.07, 6.45) is 3.52. The van der Waals surface area contributed by atoms with E-state index in [9.17, 15) is 13.2 Å². The van der Waals surface area contributed by atoms with Crippen molar-refractivity contribution in [1.29, 1.82) is 0 Å². The number of rotatable bonds is 4. The highest BCUT2D eigenvalue weighted by atomic mass is 32.2. The van der Waals surface area contributed by atoms with Gasteiger partial charge in [0, 0.05) is 13.4 Å². The summed E-state index contributed by atoms with van der Waals surface area (Å²) in [4.78, 5) is 12.2. The van der Waals surface area contributed by atoms with Crippen molar-refractivity contribution in [2.45, 2.75) is 36.4 Å². The lowest BCUT2D eigenvalue weighted by atomic mass is 10.2. The van der Waals surface area contributed by atoms with Crippen molar-refractivity contribution < 1.29 is 22.7 Å². The van der Waals surface area contributed by atoms with E-state index in [-0.39, 0.29) is 17.1 Å². The number of methoxy groups -OCH3 is 1. The molecule has 0 N–H and O–H groups in total. The first-order valence-electron chi connectivity index (χ1n) is 6.45. The molecular weight excluding hydrogens is 280 g/mol. The molecule has 1 aliphatic carbocycles. The number of hydrogen-bond acceptors (Lipinski definition) is 5. The van der Waals surface area contributed by atoms with Gasteiger partial charge in [0.15, 0.2) is 9.84 Å². The van der Waals surface area contributed by atoms with Crippen molar-refractivity contribution in [2.75, 3.05) is 13.4 Å². The van der Waals surface area contributed by atoms with Crippen LogP contribution in [0, 0.1) is 0 Å². The maximum absolute atomic E-state index is 12.0. The van der Waals surface area contributed by atoms with Crippen LogP contribution in [0.3, 0.4) is 0 Å². The van der Waals surface area contributed by atoms with Gasteiger partial charge in [-0.1, -0.05) is 0 Å². The van der Waals surface area contributed by atoms with E-state index in [1.54, 1.807) is 7.11 Å². The maximum Gasteiger partial charge on any atom is 0.338 e. The van der Waals surface area contributed by atoms with Crippen LogP contribution in [0.4, 0.5) is 0 Å². The third kappa shape index (κ3) is 3.37. The topological polar surface area (TPSA) is 69.7 Å². The third-order valence-electron chi connectivity index (χ3n) is 3.47. The highest BCUT2D eigenvalue weighted by Crippen LogP contribution is 2.25. The molecule has 2 atom stereocenters. The Hall–Kier alpha value is -1.40. The van der Waals surface area contributed by atoms with Crippen LogP contribution in [0.5, 0.6) is 0 Å². The molecule has 1 aromatic rings. The van der Waals surface area contributed by atoms with Crippen LogP contribution in [0.2, 0.25) is 0 Å². The standard InChI is InChI=1S/C14H18O5S/c1-18-12-4-3-5-13(12)19-14(15)10-6-8-11(9-7-10)20(2,16)17/h6-9,12-13H,3-5H2,1-2H3/t12-,13-/m1/s1. The van der Waals surface area contributed by atoms with Crippen molar-refractivity contribution in [3.8, 4) is 0 Å². The largest absolute Gasteiger partial charge is 0.456 e. The van der Waals surface area contributed by atoms with E-state index in [1.807, 2.05) is 0 Å².